The van der Waals surface area contributed by atoms with Crippen LogP contribution >= 0.6 is 0 Å². The Hall–Kier alpha value is -1.82. The van der Waals surface area contributed by atoms with Crippen molar-refractivity contribution in [3.05, 3.63) is 24.0 Å². The van der Waals surface area contributed by atoms with Crippen LogP contribution in [0.2, 0.25) is 0 Å². The van der Waals surface area contributed by atoms with Crippen LogP contribution in [0, 0.1) is 0 Å². The Bertz CT molecular complexity index is 414. The largest absolute Gasteiger partial charge is 0.409 e. The number of rotatable bonds is 2. The molecule has 1 aromatic rings. The van der Waals surface area contributed by atoms with E-state index in [1.54, 1.807) is 6.20 Å². The average molecular weight is 236 g/mol. The van der Waals surface area contributed by atoms with Crippen LogP contribution in [0.15, 0.2) is 23.5 Å². The van der Waals surface area contributed by atoms with Crippen molar-refractivity contribution in [2.45, 2.75) is 18.9 Å². The fraction of sp³-hybridized carbons (Fsp3) is 0.455. The van der Waals surface area contributed by atoms with Gasteiger partial charge in [-0.1, -0.05) is 5.16 Å². The maximum atomic E-state index is 9.47. The van der Waals surface area contributed by atoms with Crippen LogP contribution in [0.4, 0.5) is 5.69 Å². The Kier molecular flexibility index (Phi) is 3.43. The zero-order chi connectivity index (χ0) is 12.3. The van der Waals surface area contributed by atoms with Gasteiger partial charge in [-0.2, -0.15) is 0 Å². The van der Waals surface area contributed by atoms with E-state index in [0.717, 1.165) is 31.6 Å². The van der Waals surface area contributed by atoms with Crippen LogP contribution in [0.1, 0.15) is 18.5 Å². The number of piperidine rings is 1. The summed E-state index contributed by atoms with van der Waals surface area (Å²) in [7, 11) is 0. The summed E-state index contributed by atoms with van der Waals surface area (Å²) >= 11 is 0. The summed E-state index contributed by atoms with van der Waals surface area (Å²) in [5.74, 6) is 0.00622. The second-order valence-electron chi connectivity index (χ2n) is 4.07. The third-order valence-corrected chi connectivity index (χ3v) is 2.94. The molecule has 0 bridgehead atoms. The van der Waals surface area contributed by atoms with Crippen molar-refractivity contribution in [1.82, 2.24) is 4.98 Å². The first-order chi connectivity index (χ1) is 8.22. The smallest absolute Gasteiger partial charge is 0.190 e. The molecular weight excluding hydrogens is 220 g/mol. The lowest BCUT2D eigenvalue weighted by atomic mass is 10.1. The summed E-state index contributed by atoms with van der Waals surface area (Å²) in [6.07, 6.45) is 2.83. The molecule has 6 nitrogen and oxygen atoms in total. The molecule has 0 aromatic carbocycles. The van der Waals surface area contributed by atoms with Crippen molar-refractivity contribution < 1.29 is 10.3 Å². The molecule has 0 radical (unpaired) electrons. The van der Waals surface area contributed by atoms with E-state index in [-0.39, 0.29) is 11.9 Å². The summed E-state index contributed by atoms with van der Waals surface area (Å²) in [5.41, 5.74) is 6.91. The second-order valence-corrected chi connectivity index (χ2v) is 4.07. The number of nitrogens with zero attached hydrogens (tertiary/aromatic N) is 3. The average Bonchev–Trinajstić information content (AvgIpc) is 2.39. The van der Waals surface area contributed by atoms with Crippen molar-refractivity contribution in [3.63, 3.8) is 0 Å². The van der Waals surface area contributed by atoms with Gasteiger partial charge in [0.1, 0.15) is 5.69 Å². The first kappa shape index (κ1) is 11.7. The molecule has 2 rings (SSSR count). The lowest BCUT2D eigenvalue weighted by molar-refractivity contribution is 0.145. The molecule has 0 unspecified atom stereocenters. The van der Waals surface area contributed by atoms with Gasteiger partial charge < -0.3 is 20.9 Å². The minimum absolute atomic E-state index is 0.00622. The molecule has 0 saturated carbocycles. The molecule has 1 aliphatic heterocycles. The molecule has 92 valence electrons. The number of hydrogen-bond donors (Lipinski definition) is 3. The number of aliphatic hydroxyl groups excluding tert-OH is 1. The topological polar surface area (TPSA) is 95.0 Å². The van der Waals surface area contributed by atoms with E-state index in [9.17, 15) is 5.11 Å². The lowest BCUT2D eigenvalue weighted by Crippen LogP contribution is -2.37. The third-order valence-electron chi connectivity index (χ3n) is 2.94. The van der Waals surface area contributed by atoms with Crippen LogP contribution in [-0.2, 0) is 0 Å². The molecule has 0 spiro atoms. The molecule has 4 N–H and O–H groups in total. The first-order valence-electron chi connectivity index (χ1n) is 5.58. The number of amidine groups is 1. The predicted molar refractivity (Wildman–Crippen MR) is 64.2 cm³/mol. The van der Waals surface area contributed by atoms with Crippen molar-refractivity contribution in [2.24, 2.45) is 10.9 Å². The molecule has 1 saturated heterocycles. The Morgan fingerprint density at radius 3 is 2.82 bits per heavy atom. The highest BCUT2D eigenvalue weighted by Gasteiger charge is 2.20. The van der Waals surface area contributed by atoms with E-state index in [4.69, 9.17) is 10.9 Å². The summed E-state index contributed by atoms with van der Waals surface area (Å²) in [6, 6.07) is 3.70. The minimum Gasteiger partial charge on any atom is -0.409 e. The van der Waals surface area contributed by atoms with E-state index >= 15 is 0 Å². The Morgan fingerprint density at radius 1 is 1.47 bits per heavy atom. The van der Waals surface area contributed by atoms with Gasteiger partial charge in [0, 0.05) is 19.3 Å². The van der Waals surface area contributed by atoms with E-state index in [0.29, 0.717) is 5.69 Å². The zero-order valence-electron chi connectivity index (χ0n) is 9.45. The lowest BCUT2D eigenvalue weighted by Gasteiger charge is -2.32. The molecule has 6 heteroatoms. The molecular formula is C11H16N4O2. The molecule has 1 aromatic heterocycles. The van der Waals surface area contributed by atoms with Crippen molar-refractivity contribution in [1.29, 1.82) is 0 Å². The van der Waals surface area contributed by atoms with E-state index < -0.39 is 0 Å². The van der Waals surface area contributed by atoms with Crippen LogP contribution in [0.25, 0.3) is 0 Å². The van der Waals surface area contributed by atoms with Gasteiger partial charge in [-0.25, -0.2) is 0 Å². The Balaban J connectivity index is 2.26. The van der Waals surface area contributed by atoms with Crippen molar-refractivity contribution in [3.8, 4) is 0 Å². The maximum Gasteiger partial charge on any atom is 0.190 e. The molecule has 0 aliphatic carbocycles. The molecule has 1 aliphatic rings. The summed E-state index contributed by atoms with van der Waals surface area (Å²) < 4.78 is 0. The number of aliphatic hydroxyl groups is 1. The molecule has 0 amide bonds. The van der Waals surface area contributed by atoms with Gasteiger partial charge in [0.25, 0.3) is 0 Å². The third kappa shape index (κ3) is 2.47. The SMILES string of the molecule is N/C(=N/O)c1ncccc1N1CCC(O)CC1. The maximum absolute atomic E-state index is 9.47. The molecule has 17 heavy (non-hydrogen) atoms. The molecule has 1 fully saturated rings. The first-order valence-corrected chi connectivity index (χ1v) is 5.58. The summed E-state index contributed by atoms with van der Waals surface area (Å²) in [6.45, 7) is 1.50. The van der Waals surface area contributed by atoms with E-state index in [2.05, 4.69) is 15.0 Å². The number of aromatic nitrogens is 1. The van der Waals surface area contributed by atoms with Gasteiger partial charge in [0.15, 0.2) is 5.84 Å². The van der Waals surface area contributed by atoms with Gasteiger partial charge in [-0.15, -0.1) is 0 Å². The highest BCUT2D eigenvalue weighted by Crippen LogP contribution is 2.22. The fourth-order valence-corrected chi connectivity index (χ4v) is 2.00. The van der Waals surface area contributed by atoms with Crippen LogP contribution in [0.5, 0.6) is 0 Å². The number of hydrogen-bond acceptors (Lipinski definition) is 5. The number of pyridine rings is 1. The Labute approximate surface area is 99.4 Å². The van der Waals surface area contributed by atoms with Gasteiger partial charge in [-0.3, -0.25) is 4.98 Å². The van der Waals surface area contributed by atoms with Gasteiger partial charge in [0.2, 0.25) is 0 Å². The highest BCUT2D eigenvalue weighted by atomic mass is 16.4. The standard InChI is InChI=1S/C11H16N4O2/c12-11(14-17)10-9(2-1-5-13-10)15-6-3-8(16)4-7-15/h1-2,5,8,16-17H,3-4,6-7H2,(H2,12,14). The fourth-order valence-electron chi connectivity index (χ4n) is 2.00. The van der Waals surface area contributed by atoms with E-state index in [1.807, 2.05) is 12.1 Å². The minimum atomic E-state index is -0.227. The quantitative estimate of drug-likeness (QED) is 0.294. The second kappa shape index (κ2) is 5.01. The van der Waals surface area contributed by atoms with Crippen LogP contribution in [0.3, 0.4) is 0 Å². The van der Waals surface area contributed by atoms with Crippen LogP contribution < -0.4 is 10.6 Å². The molecule has 0 atom stereocenters. The van der Waals surface area contributed by atoms with Crippen LogP contribution in [-0.4, -0.2) is 40.3 Å². The summed E-state index contributed by atoms with van der Waals surface area (Å²) in [4.78, 5) is 6.21. The normalized spacial score (nSPS) is 18.4. The van der Waals surface area contributed by atoms with Gasteiger partial charge in [-0.05, 0) is 25.0 Å². The highest BCUT2D eigenvalue weighted by molar-refractivity contribution is 6.00. The molecule has 2 heterocycles. The van der Waals surface area contributed by atoms with Gasteiger partial charge >= 0.3 is 0 Å². The number of oxime groups is 1. The van der Waals surface area contributed by atoms with Crippen molar-refractivity contribution in [2.75, 3.05) is 18.0 Å². The Morgan fingerprint density at radius 2 is 2.18 bits per heavy atom. The number of anilines is 1. The summed E-state index contributed by atoms with van der Waals surface area (Å²) in [5, 5.41) is 21.2. The monoisotopic (exact) mass is 236 g/mol. The zero-order valence-corrected chi connectivity index (χ0v) is 9.45. The number of nitrogens with two attached hydrogens (primary N) is 1. The predicted octanol–water partition coefficient (Wildman–Crippen LogP) is 0.137. The van der Waals surface area contributed by atoms with Gasteiger partial charge in [0.05, 0.1) is 11.8 Å². The van der Waals surface area contributed by atoms with E-state index in [1.165, 1.54) is 0 Å². The van der Waals surface area contributed by atoms with Crippen molar-refractivity contribution >= 4 is 11.5 Å².